The summed E-state index contributed by atoms with van der Waals surface area (Å²) in [6.07, 6.45) is -4.18. The maximum atomic E-state index is 12.9. The first-order valence-electron chi connectivity index (χ1n) is 12.5. The number of rotatable bonds is 9. The molecule has 1 aliphatic heterocycles. The number of carbonyl (C=O) groups excluding carboxylic acids is 4. The monoisotopic (exact) mass is 606 g/mol. The van der Waals surface area contributed by atoms with Crippen LogP contribution >= 0.6 is 12.2 Å². The van der Waals surface area contributed by atoms with Gasteiger partial charge < -0.3 is 34.3 Å². The third kappa shape index (κ3) is 7.79. The quantitative estimate of drug-likeness (QED) is 0.183. The molecule has 2 heterocycles. The Morgan fingerprint density at radius 2 is 1.50 bits per heavy atom. The largest absolute Gasteiger partial charge is 0.497 e. The molecule has 2 N–H and O–H groups in total. The average Bonchev–Trinajstić information content (AvgIpc) is 2.92. The van der Waals surface area contributed by atoms with E-state index in [9.17, 15) is 24.0 Å². The molecule has 0 spiro atoms. The van der Waals surface area contributed by atoms with Crippen molar-refractivity contribution in [3.63, 3.8) is 0 Å². The molecular formula is C26H30N4O11S. The summed E-state index contributed by atoms with van der Waals surface area (Å²) >= 11 is 5.37. The lowest BCUT2D eigenvalue weighted by Gasteiger charge is -2.44. The van der Waals surface area contributed by atoms with Crippen molar-refractivity contribution >= 4 is 48.2 Å². The number of esters is 4. The van der Waals surface area contributed by atoms with E-state index in [1.165, 1.54) is 13.2 Å². The Hall–Kier alpha value is -4.57. The zero-order valence-electron chi connectivity index (χ0n) is 23.4. The molecule has 0 saturated carbocycles. The maximum absolute atomic E-state index is 12.9. The molecule has 5 atom stereocenters. The van der Waals surface area contributed by atoms with Gasteiger partial charge in [0.1, 0.15) is 18.5 Å². The van der Waals surface area contributed by atoms with Crippen molar-refractivity contribution < 1.29 is 47.6 Å². The average molecular weight is 607 g/mol. The predicted molar refractivity (Wildman–Crippen MR) is 147 cm³/mol. The predicted octanol–water partition coefficient (Wildman–Crippen LogP) is 0.923. The van der Waals surface area contributed by atoms with Gasteiger partial charge in [0.25, 0.3) is 5.56 Å². The van der Waals surface area contributed by atoms with Gasteiger partial charge in [0, 0.05) is 27.7 Å². The van der Waals surface area contributed by atoms with Gasteiger partial charge in [-0.25, -0.2) is 4.68 Å². The molecular weight excluding hydrogens is 576 g/mol. The number of hydrogen-bond donors (Lipinski definition) is 1. The Morgan fingerprint density at radius 3 is 2.05 bits per heavy atom. The van der Waals surface area contributed by atoms with Crippen LogP contribution in [0, 0.1) is 4.77 Å². The van der Waals surface area contributed by atoms with Crippen molar-refractivity contribution in [2.24, 2.45) is 0 Å². The van der Waals surface area contributed by atoms with Crippen LogP contribution in [0.15, 0.2) is 29.1 Å². The van der Waals surface area contributed by atoms with E-state index in [0.717, 1.165) is 32.4 Å². The highest BCUT2D eigenvalue weighted by molar-refractivity contribution is 7.71. The van der Waals surface area contributed by atoms with Gasteiger partial charge in [-0.1, -0.05) is 18.2 Å². The van der Waals surface area contributed by atoms with Crippen LogP contribution in [0.4, 0.5) is 0 Å². The molecule has 1 saturated heterocycles. The number of nitrogens with two attached hydrogens (primary N) is 1. The van der Waals surface area contributed by atoms with Gasteiger partial charge in [-0.15, -0.1) is 0 Å². The number of benzene rings is 1. The van der Waals surface area contributed by atoms with E-state index in [2.05, 4.69) is 5.10 Å². The summed E-state index contributed by atoms with van der Waals surface area (Å²) in [4.78, 5) is 60.8. The second-order valence-electron chi connectivity index (χ2n) is 8.98. The van der Waals surface area contributed by atoms with Crippen LogP contribution in [0.25, 0.3) is 12.2 Å². The minimum atomic E-state index is -1.51. The molecule has 42 heavy (non-hydrogen) atoms. The van der Waals surface area contributed by atoms with E-state index in [1.54, 1.807) is 30.3 Å². The third-order valence-corrected chi connectivity index (χ3v) is 6.20. The van der Waals surface area contributed by atoms with Gasteiger partial charge in [-0.05, 0) is 36.0 Å². The first-order chi connectivity index (χ1) is 19.8. The lowest BCUT2D eigenvalue weighted by molar-refractivity contribution is -0.271. The van der Waals surface area contributed by atoms with Crippen LogP contribution in [0.1, 0.15) is 45.2 Å². The number of carbonyl (C=O) groups is 4. The van der Waals surface area contributed by atoms with E-state index in [1.807, 2.05) is 0 Å². The molecule has 1 aromatic carbocycles. The lowest BCUT2D eigenvalue weighted by atomic mass is 9.97. The third-order valence-electron chi connectivity index (χ3n) is 5.81. The molecule has 0 amide bonds. The van der Waals surface area contributed by atoms with Gasteiger partial charge in [-0.2, -0.15) is 9.77 Å². The van der Waals surface area contributed by atoms with Crippen LogP contribution in [0.2, 0.25) is 0 Å². The molecule has 0 bridgehead atoms. The Balaban J connectivity index is 2.17. The topological polar surface area (TPSA) is 190 Å². The summed E-state index contributed by atoms with van der Waals surface area (Å²) in [7, 11) is 1.53. The number of nitrogen functional groups attached to an aromatic ring is 1. The number of aromatic nitrogens is 3. The van der Waals surface area contributed by atoms with Gasteiger partial charge in [-0.3, -0.25) is 24.0 Å². The zero-order valence-corrected chi connectivity index (χ0v) is 24.2. The Labute approximate surface area is 244 Å². The van der Waals surface area contributed by atoms with Crippen molar-refractivity contribution in [2.75, 3.05) is 19.6 Å². The molecule has 226 valence electrons. The van der Waals surface area contributed by atoms with Gasteiger partial charge in [0.2, 0.25) is 4.77 Å². The van der Waals surface area contributed by atoms with Crippen LogP contribution in [0.3, 0.4) is 0 Å². The molecule has 0 radical (unpaired) electrons. The van der Waals surface area contributed by atoms with Crippen molar-refractivity contribution in [2.45, 2.75) is 58.3 Å². The second-order valence-corrected chi connectivity index (χ2v) is 9.35. The summed E-state index contributed by atoms with van der Waals surface area (Å²) < 4.78 is 33.8. The fourth-order valence-corrected chi connectivity index (χ4v) is 4.31. The molecule has 1 aliphatic rings. The molecule has 0 unspecified atom stereocenters. The van der Waals surface area contributed by atoms with E-state index in [-0.39, 0.29) is 10.5 Å². The molecule has 1 fully saturated rings. The van der Waals surface area contributed by atoms with Gasteiger partial charge in [0.05, 0.1) is 7.11 Å². The highest BCUT2D eigenvalue weighted by Crippen LogP contribution is 2.34. The minimum absolute atomic E-state index is 0.185. The highest BCUT2D eigenvalue weighted by Gasteiger charge is 2.53. The molecule has 3 rings (SSSR count). The Kier molecular flexibility index (Phi) is 10.5. The van der Waals surface area contributed by atoms with Gasteiger partial charge >= 0.3 is 23.9 Å². The Bertz CT molecular complexity index is 1480. The molecule has 2 aromatic rings. The number of ether oxygens (including phenoxy) is 6. The summed E-state index contributed by atoms with van der Waals surface area (Å²) in [6, 6.07) is 6.92. The van der Waals surface area contributed by atoms with Crippen LogP contribution in [-0.4, -0.2) is 76.5 Å². The minimum Gasteiger partial charge on any atom is -0.497 e. The van der Waals surface area contributed by atoms with Crippen molar-refractivity contribution in [1.29, 1.82) is 0 Å². The van der Waals surface area contributed by atoms with Crippen molar-refractivity contribution in [3.8, 4) is 5.75 Å². The van der Waals surface area contributed by atoms with Crippen LogP contribution < -0.4 is 16.1 Å². The van der Waals surface area contributed by atoms with E-state index in [0.29, 0.717) is 16.0 Å². The Morgan fingerprint density at radius 1 is 0.929 bits per heavy atom. The summed E-state index contributed by atoms with van der Waals surface area (Å²) in [5.74, 6) is 3.51. The van der Waals surface area contributed by atoms with Crippen LogP contribution in [0.5, 0.6) is 5.75 Å². The number of nitrogens with zero attached hydrogens (tertiary/aromatic N) is 3. The first-order valence-corrected chi connectivity index (χ1v) is 12.9. The summed E-state index contributed by atoms with van der Waals surface area (Å²) in [5, 5.41) is 4.31. The second kappa shape index (κ2) is 13.9. The standard InChI is InChI=1S/C26H30N4O11S/c1-13(31)37-12-20-21(38-14(2)32)22(39-15(3)33)23(40-16(4)34)25(41-20)30-26(42)29(27)24(35)19(28-30)11-8-17-6-9-18(36-5)10-7-17/h6-11,20-23,25H,12,27H2,1-5H3/b11-8+/t20-,21+,22+,23+,25-/m1/s1. The molecule has 16 heteroatoms. The number of hydrogen-bond acceptors (Lipinski definition) is 14. The fourth-order valence-electron chi connectivity index (χ4n) is 4.09. The fraction of sp³-hybridized carbons (Fsp3) is 0.423. The lowest BCUT2D eigenvalue weighted by Crippen LogP contribution is -2.61. The summed E-state index contributed by atoms with van der Waals surface area (Å²) in [6.45, 7) is 3.97. The van der Waals surface area contributed by atoms with Gasteiger partial charge in [0.15, 0.2) is 30.2 Å². The van der Waals surface area contributed by atoms with Crippen molar-refractivity contribution in [3.05, 3.63) is 50.6 Å². The van der Waals surface area contributed by atoms with Crippen LogP contribution in [-0.2, 0) is 42.9 Å². The number of methoxy groups -OCH3 is 1. The maximum Gasteiger partial charge on any atom is 0.303 e. The van der Waals surface area contributed by atoms with E-state index >= 15 is 0 Å². The van der Waals surface area contributed by atoms with E-state index < -0.39 is 66.7 Å². The SMILES string of the molecule is COc1ccc(/C=C/c2nn([C@@H]3O[C@H](COC(C)=O)[C@H](OC(C)=O)[C@H](OC(C)=O)[C@@H]3OC(C)=O)c(=S)n(N)c2=O)cc1. The molecule has 1 aromatic heterocycles. The molecule has 15 nitrogen and oxygen atoms in total. The first kappa shape index (κ1) is 32.0. The smallest absolute Gasteiger partial charge is 0.303 e. The normalized spacial score (nSPS) is 21.8. The molecule has 0 aliphatic carbocycles. The zero-order chi connectivity index (χ0) is 31.1. The van der Waals surface area contributed by atoms with E-state index in [4.69, 9.17) is 46.5 Å². The van der Waals surface area contributed by atoms with Crippen molar-refractivity contribution in [1.82, 2.24) is 14.5 Å². The summed E-state index contributed by atoms with van der Waals surface area (Å²) in [5.41, 5.74) is -0.247. The highest BCUT2D eigenvalue weighted by atomic mass is 32.1.